The number of pyridine rings is 1. The van der Waals surface area contributed by atoms with Crippen molar-refractivity contribution < 1.29 is 0 Å². The predicted molar refractivity (Wildman–Crippen MR) is 130 cm³/mol. The standard InChI is InChI=1S/C28H20BrN/c1-17-14-20(16-21(29)15-17)26-24-12-10-18-6-2-4-8-22(18)27(24)30-28-23-9-5-3-7-19(23)11-13-25(26)28/h2-10,12,14-16H,11,13H2,1H3. The molecule has 1 heterocycles. The van der Waals surface area contributed by atoms with Crippen molar-refractivity contribution in [2.75, 3.05) is 0 Å². The van der Waals surface area contributed by atoms with Crippen LogP contribution in [0.2, 0.25) is 0 Å². The number of benzene rings is 4. The Kier molecular flexibility index (Phi) is 4.04. The molecule has 0 radical (unpaired) electrons. The maximum Gasteiger partial charge on any atom is 0.0794 e. The van der Waals surface area contributed by atoms with E-state index in [0.717, 1.165) is 28.5 Å². The van der Waals surface area contributed by atoms with Gasteiger partial charge in [-0.1, -0.05) is 82.7 Å². The number of hydrogen-bond acceptors (Lipinski definition) is 1. The Hall–Kier alpha value is -2.97. The zero-order valence-electron chi connectivity index (χ0n) is 16.7. The molecule has 0 bridgehead atoms. The molecule has 1 nitrogen and oxygen atoms in total. The molecular formula is C28H20BrN. The smallest absolute Gasteiger partial charge is 0.0794 e. The SMILES string of the molecule is Cc1cc(Br)cc(-c2c3c(nc4c2ccc2ccccc24)-c2ccccc2CC3)c1. The topological polar surface area (TPSA) is 12.9 Å². The first-order valence-corrected chi connectivity index (χ1v) is 11.2. The van der Waals surface area contributed by atoms with Gasteiger partial charge in [-0.3, -0.25) is 0 Å². The van der Waals surface area contributed by atoms with Crippen LogP contribution in [-0.4, -0.2) is 4.98 Å². The molecule has 0 amide bonds. The van der Waals surface area contributed by atoms with E-state index in [4.69, 9.17) is 4.98 Å². The molecule has 0 spiro atoms. The van der Waals surface area contributed by atoms with E-state index in [2.05, 4.69) is 102 Å². The molecule has 1 aliphatic carbocycles. The number of nitrogens with zero attached hydrogens (tertiary/aromatic N) is 1. The highest BCUT2D eigenvalue weighted by molar-refractivity contribution is 9.10. The van der Waals surface area contributed by atoms with Gasteiger partial charge in [0.1, 0.15) is 0 Å². The lowest BCUT2D eigenvalue weighted by molar-refractivity contribution is 0.935. The van der Waals surface area contributed by atoms with Crippen LogP contribution in [-0.2, 0) is 12.8 Å². The summed E-state index contributed by atoms with van der Waals surface area (Å²) in [5.41, 5.74) is 10.1. The quantitative estimate of drug-likeness (QED) is 0.237. The summed E-state index contributed by atoms with van der Waals surface area (Å²) in [6, 6.07) is 28.5. The van der Waals surface area contributed by atoms with Crippen LogP contribution in [0.1, 0.15) is 16.7 Å². The summed E-state index contributed by atoms with van der Waals surface area (Å²) in [5, 5.41) is 3.69. The van der Waals surface area contributed by atoms with Crippen LogP contribution >= 0.6 is 15.9 Å². The monoisotopic (exact) mass is 449 g/mol. The van der Waals surface area contributed by atoms with Gasteiger partial charge in [-0.15, -0.1) is 0 Å². The second kappa shape index (κ2) is 6.78. The molecule has 0 N–H and O–H groups in total. The van der Waals surface area contributed by atoms with E-state index < -0.39 is 0 Å². The van der Waals surface area contributed by atoms with Crippen molar-refractivity contribution in [3.8, 4) is 22.4 Å². The van der Waals surface area contributed by atoms with Crippen molar-refractivity contribution in [1.82, 2.24) is 4.98 Å². The Bertz CT molecular complexity index is 1450. The fraction of sp³-hybridized carbons (Fsp3) is 0.107. The van der Waals surface area contributed by atoms with Gasteiger partial charge < -0.3 is 0 Å². The van der Waals surface area contributed by atoms with Gasteiger partial charge in [0.05, 0.1) is 11.2 Å². The molecule has 0 aliphatic heterocycles. The molecule has 4 aromatic carbocycles. The highest BCUT2D eigenvalue weighted by Crippen LogP contribution is 2.43. The van der Waals surface area contributed by atoms with Crippen molar-refractivity contribution in [1.29, 1.82) is 0 Å². The first-order chi connectivity index (χ1) is 14.7. The van der Waals surface area contributed by atoms with E-state index in [1.807, 2.05) is 0 Å². The number of fused-ring (bicyclic) bond motifs is 6. The lowest BCUT2D eigenvalue weighted by atomic mass is 9.82. The summed E-state index contributed by atoms with van der Waals surface area (Å²) < 4.78 is 1.12. The Morgan fingerprint density at radius 2 is 1.63 bits per heavy atom. The molecular weight excluding hydrogens is 430 g/mol. The summed E-state index contributed by atoms with van der Waals surface area (Å²) in [5.74, 6) is 0. The molecule has 0 saturated carbocycles. The largest absolute Gasteiger partial charge is 0.247 e. The summed E-state index contributed by atoms with van der Waals surface area (Å²) in [7, 11) is 0. The van der Waals surface area contributed by atoms with E-state index in [1.54, 1.807) is 0 Å². The van der Waals surface area contributed by atoms with Crippen molar-refractivity contribution >= 4 is 37.6 Å². The normalized spacial score (nSPS) is 12.7. The fourth-order valence-electron chi connectivity index (χ4n) is 4.94. The summed E-state index contributed by atoms with van der Waals surface area (Å²) in [4.78, 5) is 5.30. The molecule has 0 saturated heterocycles. The van der Waals surface area contributed by atoms with Gasteiger partial charge >= 0.3 is 0 Å². The Balaban J connectivity index is 1.81. The van der Waals surface area contributed by atoms with Crippen molar-refractivity contribution in [3.63, 3.8) is 0 Å². The molecule has 1 aliphatic rings. The Labute approximate surface area is 184 Å². The highest BCUT2D eigenvalue weighted by atomic mass is 79.9. The van der Waals surface area contributed by atoms with Crippen LogP contribution in [0.4, 0.5) is 0 Å². The maximum atomic E-state index is 5.30. The van der Waals surface area contributed by atoms with E-state index in [0.29, 0.717) is 0 Å². The summed E-state index contributed by atoms with van der Waals surface area (Å²) >= 11 is 3.72. The third-order valence-corrected chi connectivity index (χ3v) is 6.69. The van der Waals surface area contributed by atoms with Crippen molar-refractivity contribution in [2.45, 2.75) is 19.8 Å². The van der Waals surface area contributed by atoms with Gasteiger partial charge in [-0.25, -0.2) is 4.98 Å². The average molecular weight is 450 g/mol. The average Bonchev–Trinajstić information content (AvgIpc) is 2.76. The van der Waals surface area contributed by atoms with Crippen LogP contribution in [0, 0.1) is 6.92 Å². The van der Waals surface area contributed by atoms with Crippen LogP contribution in [0.25, 0.3) is 44.1 Å². The minimum atomic E-state index is 1.02. The number of halogens is 1. The molecule has 30 heavy (non-hydrogen) atoms. The van der Waals surface area contributed by atoms with Crippen molar-refractivity contribution in [3.05, 3.63) is 100 Å². The third-order valence-electron chi connectivity index (χ3n) is 6.23. The summed E-state index contributed by atoms with van der Waals surface area (Å²) in [6.45, 7) is 2.16. The number of rotatable bonds is 1. The van der Waals surface area contributed by atoms with Crippen LogP contribution < -0.4 is 0 Å². The lowest BCUT2D eigenvalue weighted by Gasteiger charge is -2.24. The Morgan fingerprint density at radius 1 is 0.800 bits per heavy atom. The molecule has 5 aromatic rings. The molecule has 1 aromatic heterocycles. The van der Waals surface area contributed by atoms with Crippen molar-refractivity contribution in [2.24, 2.45) is 0 Å². The second-order valence-corrected chi connectivity index (χ2v) is 9.09. The number of aryl methyl sites for hydroxylation is 2. The second-order valence-electron chi connectivity index (χ2n) is 8.17. The highest BCUT2D eigenvalue weighted by Gasteiger charge is 2.24. The van der Waals surface area contributed by atoms with Gasteiger partial charge in [0.15, 0.2) is 0 Å². The lowest BCUT2D eigenvalue weighted by Crippen LogP contribution is -2.08. The first-order valence-electron chi connectivity index (χ1n) is 10.4. The molecule has 144 valence electrons. The fourth-order valence-corrected chi connectivity index (χ4v) is 5.55. The third kappa shape index (κ3) is 2.71. The minimum Gasteiger partial charge on any atom is -0.247 e. The van der Waals surface area contributed by atoms with E-state index >= 15 is 0 Å². The van der Waals surface area contributed by atoms with E-state index in [1.165, 1.54) is 49.5 Å². The molecule has 6 rings (SSSR count). The zero-order valence-corrected chi connectivity index (χ0v) is 18.3. The van der Waals surface area contributed by atoms with E-state index in [9.17, 15) is 0 Å². The zero-order chi connectivity index (χ0) is 20.2. The minimum absolute atomic E-state index is 1.02. The van der Waals surface area contributed by atoms with Crippen LogP contribution in [0.3, 0.4) is 0 Å². The van der Waals surface area contributed by atoms with Gasteiger partial charge in [-0.05, 0) is 65.1 Å². The number of hydrogen-bond donors (Lipinski definition) is 0. The van der Waals surface area contributed by atoms with Gasteiger partial charge in [0.2, 0.25) is 0 Å². The maximum absolute atomic E-state index is 5.30. The summed E-state index contributed by atoms with van der Waals surface area (Å²) in [6.07, 6.45) is 2.08. The first kappa shape index (κ1) is 17.9. The molecule has 0 fully saturated rings. The van der Waals surface area contributed by atoms with Gasteiger partial charge in [0, 0.05) is 20.8 Å². The molecule has 0 atom stereocenters. The van der Waals surface area contributed by atoms with Crippen LogP contribution in [0.15, 0.2) is 83.3 Å². The van der Waals surface area contributed by atoms with Gasteiger partial charge in [0.25, 0.3) is 0 Å². The number of aromatic nitrogens is 1. The Morgan fingerprint density at radius 3 is 2.53 bits per heavy atom. The van der Waals surface area contributed by atoms with Crippen LogP contribution in [0.5, 0.6) is 0 Å². The molecule has 0 unspecified atom stereocenters. The van der Waals surface area contributed by atoms with E-state index in [-0.39, 0.29) is 0 Å². The predicted octanol–water partition coefficient (Wildman–Crippen LogP) is 7.89. The van der Waals surface area contributed by atoms with Gasteiger partial charge in [-0.2, -0.15) is 0 Å². The molecule has 2 heteroatoms.